The molecule has 0 bridgehead atoms. The summed E-state index contributed by atoms with van der Waals surface area (Å²) in [5.74, 6) is 0.927. The predicted octanol–water partition coefficient (Wildman–Crippen LogP) is 2.54. The second-order valence-electron chi connectivity index (χ2n) is 5.06. The zero-order valence-corrected chi connectivity index (χ0v) is 13.3. The number of rotatable bonds is 5. The van der Waals surface area contributed by atoms with Gasteiger partial charge in [-0.15, -0.1) is 0 Å². The first-order valence-electron chi connectivity index (χ1n) is 5.97. The number of nitrogens with zero attached hydrogens (tertiary/aromatic N) is 1. The number of benzene rings is 1. The van der Waals surface area contributed by atoms with Crippen molar-refractivity contribution in [3.8, 4) is 11.5 Å². The summed E-state index contributed by atoms with van der Waals surface area (Å²) in [6, 6.07) is 5.19. The molecule has 1 aromatic rings. The fourth-order valence-corrected chi connectivity index (χ4v) is 2.35. The van der Waals surface area contributed by atoms with Gasteiger partial charge in [0.2, 0.25) is 8.32 Å². The Morgan fingerprint density at radius 2 is 1.84 bits per heavy atom. The van der Waals surface area contributed by atoms with Gasteiger partial charge in [0.1, 0.15) is 11.5 Å². The van der Waals surface area contributed by atoms with E-state index < -0.39 is 8.32 Å². The highest BCUT2D eigenvalue weighted by atomic mass is 28.4. The first-order valence-corrected chi connectivity index (χ1v) is 9.38. The van der Waals surface area contributed by atoms with Gasteiger partial charge in [-0.2, -0.15) is 0 Å². The summed E-state index contributed by atoms with van der Waals surface area (Å²) < 4.78 is 11.1. The van der Waals surface area contributed by atoms with Gasteiger partial charge in [0.05, 0.1) is 19.8 Å². The number of hydrogen-bond acceptors (Lipinski definition) is 4. The molecule has 0 fully saturated rings. The van der Waals surface area contributed by atoms with Crippen molar-refractivity contribution in [3.63, 3.8) is 0 Å². The van der Waals surface area contributed by atoms with Crippen LogP contribution in [-0.2, 0) is 4.84 Å². The highest BCUT2D eigenvalue weighted by Crippen LogP contribution is 2.27. The summed E-state index contributed by atoms with van der Waals surface area (Å²) in [6.45, 7) is 6.28. The van der Waals surface area contributed by atoms with Crippen LogP contribution in [0.15, 0.2) is 18.2 Å². The minimum atomic E-state index is -1.68. The third-order valence-electron chi connectivity index (χ3n) is 2.39. The number of hydroxylamine groups is 2. The van der Waals surface area contributed by atoms with Crippen molar-refractivity contribution in [1.82, 2.24) is 5.06 Å². The van der Waals surface area contributed by atoms with Crippen LogP contribution in [0.25, 0.3) is 0 Å². The molecule has 0 aliphatic carbocycles. The third kappa shape index (κ3) is 4.25. The van der Waals surface area contributed by atoms with Crippen LogP contribution in [0.4, 0.5) is 0 Å². The monoisotopic (exact) mass is 283 g/mol. The molecule has 0 aromatic heterocycles. The van der Waals surface area contributed by atoms with Gasteiger partial charge in [-0.05, 0) is 31.8 Å². The Hall–Kier alpha value is -1.53. The molecule has 0 saturated heterocycles. The standard InChI is InChI=1S/C13H21NO4Si/c1-14(17-3)13(15)11-8-7-10(9-12(11)16-2)18-19(4,5)6/h7-9H,1-6H3. The smallest absolute Gasteiger partial charge is 0.280 e. The first-order chi connectivity index (χ1) is 8.78. The zero-order valence-electron chi connectivity index (χ0n) is 12.3. The Balaban J connectivity index is 3.06. The SMILES string of the molecule is COc1cc(O[Si](C)(C)C)ccc1C(=O)N(C)OC. The fourth-order valence-electron chi connectivity index (χ4n) is 1.52. The lowest BCUT2D eigenvalue weighted by Crippen LogP contribution is -2.29. The lowest BCUT2D eigenvalue weighted by Gasteiger charge is -2.21. The molecule has 106 valence electrons. The summed E-state index contributed by atoms with van der Waals surface area (Å²) in [5, 5.41) is 1.15. The van der Waals surface area contributed by atoms with Gasteiger partial charge in [-0.25, -0.2) is 5.06 Å². The minimum absolute atomic E-state index is 0.265. The van der Waals surface area contributed by atoms with Crippen molar-refractivity contribution in [2.45, 2.75) is 19.6 Å². The maximum absolute atomic E-state index is 12.0. The molecule has 0 atom stereocenters. The van der Waals surface area contributed by atoms with Crippen molar-refractivity contribution in [2.24, 2.45) is 0 Å². The molecule has 1 rings (SSSR count). The number of hydrogen-bond donors (Lipinski definition) is 0. The fraction of sp³-hybridized carbons (Fsp3) is 0.462. The molecular weight excluding hydrogens is 262 g/mol. The molecule has 6 heteroatoms. The van der Waals surface area contributed by atoms with Crippen molar-refractivity contribution >= 4 is 14.2 Å². The van der Waals surface area contributed by atoms with Gasteiger partial charge in [-0.3, -0.25) is 9.63 Å². The lowest BCUT2D eigenvalue weighted by molar-refractivity contribution is -0.0758. The molecule has 1 amide bonds. The van der Waals surface area contributed by atoms with Crippen LogP contribution in [0.3, 0.4) is 0 Å². The Bertz CT molecular complexity index is 456. The summed E-state index contributed by atoms with van der Waals surface area (Å²) in [6.07, 6.45) is 0. The maximum Gasteiger partial charge on any atom is 0.280 e. The van der Waals surface area contributed by atoms with E-state index in [-0.39, 0.29) is 5.91 Å². The van der Waals surface area contributed by atoms with E-state index in [1.807, 2.05) is 0 Å². The van der Waals surface area contributed by atoms with E-state index in [1.165, 1.54) is 14.2 Å². The number of carbonyl (C=O) groups excluding carboxylic acids is 1. The van der Waals surface area contributed by atoms with E-state index >= 15 is 0 Å². The quantitative estimate of drug-likeness (QED) is 0.615. The van der Waals surface area contributed by atoms with Crippen LogP contribution >= 0.6 is 0 Å². The molecule has 0 spiro atoms. The average molecular weight is 283 g/mol. The van der Waals surface area contributed by atoms with Crippen LogP contribution in [-0.4, -0.2) is 40.6 Å². The molecule has 0 aliphatic heterocycles. The minimum Gasteiger partial charge on any atom is -0.544 e. The molecule has 1 aromatic carbocycles. The third-order valence-corrected chi connectivity index (χ3v) is 3.24. The largest absolute Gasteiger partial charge is 0.544 e. The van der Waals surface area contributed by atoms with Gasteiger partial charge in [0, 0.05) is 13.1 Å². The number of carbonyl (C=O) groups is 1. The van der Waals surface area contributed by atoms with Gasteiger partial charge >= 0.3 is 0 Å². The van der Waals surface area contributed by atoms with Crippen LogP contribution in [0.1, 0.15) is 10.4 Å². The second kappa shape index (κ2) is 6.07. The van der Waals surface area contributed by atoms with E-state index in [1.54, 1.807) is 25.2 Å². The molecule has 19 heavy (non-hydrogen) atoms. The molecular formula is C13H21NO4Si. The summed E-state index contributed by atoms with van der Waals surface area (Å²) in [4.78, 5) is 16.9. The molecule has 5 nitrogen and oxygen atoms in total. The number of amides is 1. The molecule has 0 aliphatic rings. The van der Waals surface area contributed by atoms with E-state index in [0.29, 0.717) is 17.1 Å². The number of methoxy groups -OCH3 is 1. The van der Waals surface area contributed by atoms with E-state index in [2.05, 4.69) is 19.6 Å². The molecule has 0 N–H and O–H groups in total. The summed E-state index contributed by atoms with van der Waals surface area (Å²) in [7, 11) is 2.83. The van der Waals surface area contributed by atoms with Gasteiger partial charge in [0.15, 0.2) is 0 Å². The van der Waals surface area contributed by atoms with Crippen molar-refractivity contribution in [3.05, 3.63) is 23.8 Å². The predicted molar refractivity (Wildman–Crippen MR) is 76.1 cm³/mol. The molecule has 0 saturated carbocycles. The maximum atomic E-state index is 12.0. The first kappa shape index (κ1) is 15.5. The van der Waals surface area contributed by atoms with E-state index in [0.717, 1.165) is 5.06 Å². The normalized spacial score (nSPS) is 11.1. The average Bonchev–Trinajstić information content (AvgIpc) is 2.34. The second-order valence-corrected chi connectivity index (χ2v) is 9.49. The van der Waals surface area contributed by atoms with E-state index in [9.17, 15) is 4.79 Å². The van der Waals surface area contributed by atoms with Gasteiger partial charge in [-0.1, -0.05) is 0 Å². The Labute approximate surface area is 115 Å². The summed E-state index contributed by atoms with van der Waals surface area (Å²) in [5.41, 5.74) is 0.440. The van der Waals surface area contributed by atoms with Gasteiger partial charge in [0.25, 0.3) is 5.91 Å². The van der Waals surface area contributed by atoms with Gasteiger partial charge < -0.3 is 9.16 Å². The van der Waals surface area contributed by atoms with Crippen LogP contribution in [0, 0.1) is 0 Å². The van der Waals surface area contributed by atoms with Crippen LogP contribution in [0.5, 0.6) is 11.5 Å². The molecule has 0 radical (unpaired) electrons. The summed E-state index contributed by atoms with van der Waals surface area (Å²) >= 11 is 0. The lowest BCUT2D eigenvalue weighted by atomic mass is 10.2. The Morgan fingerprint density at radius 3 is 2.32 bits per heavy atom. The van der Waals surface area contributed by atoms with Crippen LogP contribution < -0.4 is 9.16 Å². The Kier molecular flexibility index (Phi) is 4.96. The van der Waals surface area contributed by atoms with Crippen LogP contribution in [0.2, 0.25) is 19.6 Å². The topological polar surface area (TPSA) is 48.0 Å². The zero-order chi connectivity index (χ0) is 14.6. The molecule has 0 heterocycles. The molecule has 0 unspecified atom stereocenters. The highest BCUT2D eigenvalue weighted by Gasteiger charge is 2.20. The van der Waals surface area contributed by atoms with E-state index in [4.69, 9.17) is 14.0 Å². The highest BCUT2D eigenvalue weighted by molar-refractivity contribution is 6.70. The van der Waals surface area contributed by atoms with Crippen molar-refractivity contribution in [1.29, 1.82) is 0 Å². The van der Waals surface area contributed by atoms with Crippen molar-refractivity contribution in [2.75, 3.05) is 21.3 Å². The number of ether oxygens (including phenoxy) is 1. The van der Waals surface area contributed by atoms with Crippen molar-refractivity contribution < 1.29 is 18.8 Å². The Morgan fingerprint density at radius 1 is 1.21 bits per heavy atom.